The number of methoxy groups -OCH3 is 1. The van der Waals surface area contributed by atoms with Gasteiger partial charge < -0.3 is 9.16 Å². The molecule has 4 heteroatoms. The zero-order chi connectivity index (χ0) is 16.3. The Balaban J connectivity index is 2.77. The first-order valence-corrected chi connectivity index (χ1v) is 10.8. The van der Waals surface area contributed by atoms with E-state index in [4.69, 9.17) is 9.16 Å². The summed E-state index contributed by atoms with van der Waals surface area (Å²) in [6.07, 6.45) is 0.865. The molecule has 0 saturated heterocycles. The minimum Gasteiger partial charge on any atom is -0.469 e. The summed E-state index contributed by atoms with van der Waals surface area (Å²) in [7, 11) is -0.136. The zero-order valence-electron chi connectivity index (χ0n) is 14.3. The van der Waals surface area contributed by atoms with Gasteiger partial charge >= 0.3 is 5.97 Å². The second-order valence-electron chi connectivity index (χ2n) is 7.14. The number of hydrogen-bond acceptors (Lipinski definition) is 3. The molecule has 0 aromatic heterocycles. The Kier molecular flexibility index (Phi) is 5.76. The first-order valence-electron chi connectivity index (χ1n) is 7.41. The Morgan fingerprint density at radius 3 is 2.14 bits per heavy atom. The van der Waals surface area contributed by atoms with Gasteiger partial charge in [0.2, 0.25) is 0 Å². The molecule has 0 spiro atoms. The maximum absolute atomic E-state index is 11.5. The molecule has 0 amide bonds. The minimum absolute atomic E-state index is 0.167. The third kappa shape index (κ3) is 6.02. The van der Waals surface area contributed by atoms with Gasteiger partial charge in [0, 0.05) is 0 Å². The minimum atomic E-state index is -1.56. The molecule has 0 aliphatic carbocycles. The molecule has 1 unspecified atom stereocenters. The first-order chi connectivity index (χ1) is 9.54. The van der Waals surface area contributed by atoms with Crippen LogP contribution in [-0.2, 0) is 20.4 Å². The number of hydrogen-bond donors (Lipinski definition) is 0. The summed E-state index contributed by atoms with van der Waals surface area (Å²) in [4.78, 5) is 11.5. The standard InChI is InChI=1S/C17H28O3Si/c1-13(16(18)19-4)15-10-8-14(9-11-15)12-17(2,3)20-21(5,6)7/h8-11,13H,12H2,1-7H3. The summed E-state index contributed by atoms with van der Waals surface area (Å²) >= 11 is 0. The van der Waals surface area contributed by atoms with E-state index in [2.05, 4.69) is 45.6 Å². The molecule has 1 aromatic carbocycles. The van der Waals surface area contributed by atoms with Crippen molar-refractivity contribution in [1.29, 1.82) is 0 Å². The van der Waals surface area contributed by atoms with Gasteiger partial charge in [-0.05, 0) is 58.0 Å². The molecule has 0 N–H and O–H groups in total. The fourth-order valence-corrected chi connectivity index (χ4v) is 4.32. The van der Waals surface area contributed by atoms with Gasteiger partial charge in [-0.15, -0.1) is 0 Å². The van der Waals surface area contributed by atoms with Crippen LogP contribution in [-0.4, -0.2) is 27.0 Å². The van der Waals surface area contributed by atoms with E-state index in [1.54, 1.807) is 0 Å². The lowest BCUT2D eigenvalue weighted by Gasteiger charge is -2.33. The Hall–Kier alpha value is -1.13. The van der Waals surface area contributed by atoms with E-state index in [0.717, 1.165) is 12.0 Å². The van der Waals surface area contributed by atoms with Crippen molar-refractivity contribution in [3.8, 4) is 0 Å². The highest BCUT2D eigenvalue weighted by Gasteiger charge is 2.27. The quantitative estimate of drug-likeness (QED) is 0.585. The van der Waals surface area contributed by atoms with Gasteiger partial charge in [0.25, 0.3) is 0 Å². The summed E-state index contributed by atoms with van der Waals surface area (Å²) in [6.45, 7) is 12.7. The molecular formula is C17H28O3Si. The summed E-state index contributed by atoms with van der Waals surface area (Å²) in [5, 5.41) is 0. The molecule has 21 heavy (non-hydrogen) atoms. The van der Waals surface area contributed by atoms with Gasteiger partial charge in [0.1, 0.15) is 0 Å². The summed E-state index contributed by atoms with van der Waals surface area (Å²) < 4.78 is 11.0. The number of carbonyl (C=O) groups is 1. The van der Waals surface area contributed by atoms with Crippen molar-refractivity contribution >= 4 is 14.3 Å². The monoisotopic (exact) mass is 308 g/mol. The lowest BCUT2D eigenvalue weighted by Crippen LogP contribution is -2.39. The molecular weight excluding hydrogens is 280 g/mol. The highest BCUT2D eigenvalue weighted by Crippen LogP contribution is 2.24. The van der Waals surface area contributed by atoms with Gasteiger partial charge in [-0.1, -0.05) is 24.3 Å². The molecule has 0 radical (unpaired) electrons. The van der Waals surface area contributed by atoms with Crippen LogP contribution in [0.5, 0.6) is 0 Å². The van der Waals surface area contributed by atoms with Crippen molar-refractivity contribution < 1.29 is 14.0 Å². The number of esters is 1. The third-order valence-corrected chi connectivity index (χ3v) is 4.41. The van der Waals surface area contributed by atoms with Crippen LogP contribution in [0.2, 0.25) is 19.6 Å². The summed E-state index contributed by atoms with van der Waals surface area (Å²) in [5.74, 6) is -0.430. The Morgan fingerprint density at radius 2 is 1.71 bits per heavy atom. The maximum atomic E-state index is 11.5. The predicted octanol–water partition coefficient (Wildman–Crippen LogP) is 4.14. The normalized spacial score (nSPS) is 13.9. The van der Waals surface area contributed by atoms with Gasteiger partial charge in [-0.2, -0.15) is 0 Å². The lowest BCUT2D eigenvalue weighted by molar-refractivity contribution is -0.141. The van der Waals surface area contributed by atoms with Crippen molar-refractivity contribution in [1.82, 2.24) is 0 Å². The number of rotatable bonds is 6. The Bertz CT molecular complexity index is 472. The van der Waals surface area contributed by atoms with Crippen LogP contribution in [0.1, 0.15) is 37.8 Å². The molecule has 3 nitrogen and oxygen atoms in total. The summed E-state index contributed by atoms with van der Waals surface area (Å²) in [5.41, 5.74) is 2.04. The smallest absolute Gasteiger partial charge is 0.312 e. The molecule has 1 rings (SSSR count). The largest absolute Gasteiger partial charge is 0.469 e. The van der Waals surface area contributed by atoms with E-state index >= 15 is 0 Å². The fraction of sp³-hybridized carbons (Fsp3) is 0.588. The number of carbonyl (C=O) groups excluding carboxylic acids is 1. The predicted molar refractivity (Wildman–Crippen MR) is 89.1 cm³/mol. The Morgan fingerprint density at radius 1 is 1.19 bits per heavy atom. The zero-order valence-corrected chi connectivity index (χ0v) is 15.3. The molecule has 0 bridgehead atoms. The summed E-state index contributed by atoms with van der Waals surface area (Å²) in [6, 6.07) is 8.15. The van der Waals surface area contributed by atoms with Gasteiger partial charge in [-0.25, -0.2) is 0 Å². The van der Waals surface area contributed by atoms with E-state index in [0.29, 0.717) is 0 Å². The van der Waals surface area contributed by atoms with Gasteiger partial charge in [0.05, 0.1) is 18.6 Å². The molecule has 0 aliphatic rings. The second kappa shape index (κ2) is 6.75. The molecule has 0 saturated carbocycles. The first kappa shape index (κ1) is 17.9. The maximum Gasteiger partial charge on any atom is 0.312 e. The van der Waals surface area contributed by atoms with Gasteiger partial charge in [0.15, 0.2) is 8.32 Å². The van der Waals surface area contributed by atoms with Crippen molar-refractivity contribution in [3.05, 3.63) is 35.4 Å². The molecule has 1 atom stereocenters. The van der Waals surface area contributed by atoms with Crippen LogP contribution in [0.15, 0.2) is 24.3 Å². The van der Waals surface area contributed by atoms with Crippen LogP contribution in [0, 0.1) is 0 Å². The number of ether oxygens (including phenoxy) is 1. The third-order valence-electron chi connectivity index (χ3n) is 3.25. The van der Waals surface area contributed by atoms with Gasteiger partial charge in [-0.3, -0.25) is 4.79 Å². The van der Waals surface area contributed by atoms with Crippen LogP contribution in [0.4, 0.5) is 0 Å². The van der Waals surface area contributed by atoms with Crippen LogP contribution in [0.25, 0.3) is 0 Å². The van der Waals surface area contributed by atoms with Crippen molar-refractivity contribution in [2.24, 2.45) is 0 Å². The van der Waals surface area contributed by atoms with Crippen molar-refractivity contribution in [3.63, 3.8) is 0 Å². The molecule has 0 heterocycles. The average molecular weight is 308 g/mol. The van der Waals surface area contributed by atoms with Crippen LogP contribution in [0.3, 0.4) is 0 Å². The SMILES string of the molecule is COC(=O)C(C)c1ccc(CC(C)(C)O[Si](C)(C)C)cc1. The molecule has 0 aliphatic heterocycles. The number of benzene rings is 1. The van der Waals surface area contributed by atoms with Crippen LogP contribution < -0.4 is 0 Å². The second-order valence-corrected chi connectivity index (χ2v) is 11.6. The van der Waals surface area contributed by atoms with E-state index in [-0.39, 0.29) is 17.5 Å². The van der Waals surface area contributed by atoms with Crippen molar-refractivity contribution in [2.75, 3.05) is 7.11 Å². The Labute approximate surface area is 129 Å². The lowest BCUT2D eigenvalue weighted by atomic mass is 9.95. The van der Waals surface area contributed by atoms with E-state index in [1.165, 1.54) is 12.7 Å². The molecule has 0 fully saturated rings. The average Bonchev–Trinajstić information content (AvgIpc) is 2.34. The highest BCUT2D eigenvalue weighted by molar-refractivity contribution is 6.69. The van der Waals surface area contributed by atoms with Crippen LogP contribution >= 0.6 is 0 Å². The van der Waals surface area contributed by atoms with E-state index in [1.807, 2.05) is 19.1 Å². The molecule has 1 aromatic rings. The highest BCUT2D eigenvalue weighted by atomic mass is 28.4. The topological polar surface area (TPSA) is 35.5 Å². The van der Waals surface area contributed by atoms with E-state index < -0.39 is 8.32 Å². The van der Waals surface area contributed by atoms with Crippen molar-refractivity contribution in [2.45, 2.75) is 58.4 Å². The fourth-order valence-electron chi connectivity index (χ4n) is 2.59. The molecule has 118 valence electrons. The van der Waals surface area contributed by atoms with E-state index in [9.17, 15) is 4.79 Å².